The van der Waals surface area contributed by atoms with Gasteiger partial charge in [0.1, 0.15) is 0 Å². The molecular formula is C21H18N2O4S2. The lowest BCUT2D eigenvalue weighted by Gasteiger charge is -2.17. The summed E-state index contributed by atoms with van der Waals surface area (Å²) in [6, 6.07) is 14.7. The molecule has 0 bridgehead atoms. The fourth-order valence-electron chi connectivity index (χ4n) is 3.28. The zero-order valence-corrected chi connectivity index (χ0v) is 17.2. The monoisotopic (exact) mass is 426 g/mol. The zero-order valence-electron chi connectivity index (χ0n) is 15.6. The molecule has 1 aromatic heterocycles. The van der Waals surface area contributed by atoms with Crippen molar-refractivity contribution in [2.45, 2.75) is 18.2 Å². The molecule has 1 aliphatic rings. The predicted molar refractivity (Wildman–Crippen MR) is 113 cm³/mol. The Morgan fingerprint density at radius 2 is 1.90 bits per heavy atom. The number of Topliss-reactive ketones (excluding diaryl/α,β-unsaturated/α-hetero) is 1. The average Bonchev–Trinajstić information content (AvgIpc) is 3.37. The summed E-state index contributed by atoms with van der Waals surface area (Å²) in [5.41, 5.74) is 2.40. The third-order valence-electron chi connectivity index (χ3n) is 4.76. The van der Waals surface area contributed by atoms with Crippen LogP contribution in [-0.4, -0.2) is 26.7 Å². The summed E-state index contributed by atoms with van der Waals surface area (Å²) in [5, 5.41) is 1.85. The summed E-state index contributed by atoms with van der Waals surface area (Å²) in [4.78, 5) is 26.6. The minimum absolute atomic E-state index is 0.0113. The second-order valence-corrected chi connectivity index (χ2v) is 9.35. The van der Waals surface area contributed by atoms with Crippen LogP contribution < -0.4 is 9.62 Å². The number of rotatable bonds is 5. The van der Waals surface area contributed by atoms with Crippen molar-refractivity contribution in [2.75, 3.05) is 16.2 Å². The topological polar surface area (TPSA) is 83.6 Å². The van der Waals surface area contributed by atoms with Crippen molar-refractivity contribution >= 4 is 44.4 Å². The molecule has 0 spiro atoms. The molecule has 0 radical (unpaired) electrons. The molecule has 0 aliphatic carbocycles. The van der Waals surface area contributed by atoms with Crippen LogP contribution in [0.4, 0.5) is 11.4 Å². The number of fused-ring (bicyclic) bond motifs is 1. The highest BCUT2D eigenvalue weighted by Crippen LogP contribution is 2.33. The number of nitrogens with zero attached hydrogens (tertiary/aromatic N) is 1. The molecule has 0 saturated heterocycles. The van der Waals surface area contributed by atoms with Gasteiger partial charge in [0.2, 0.25) is 0 Å². The summed E-state index contributed by atoms with van der Waals surface area (Å²) in [5.74, 6) is -0.296. The minimum Gasteiger partial charge on any atom is -0.307 e. The van der Waals surface area contributed by atoms with E-state index in [9.17, 15) is 18.0 Å². The van der Waals surface area contributed by atoms with Crippen LogP contribution in [0.15, 0.2) is 64.9 Å². The van der Waals surface area contributed by atoms with Crippen molar-refractivity contribution in [3.63, 3.8) is 0 Å². The van der Waals surface area contributed by atoms with E-state index in [-0.39, 0.29) is 16.6 Å². The van der Waals surface area contributed by atoms with Gasteiger partial charge in [0.25, 0.3) is 15.9 Å². The minimum atomic E-state index is -3.87. The van der Waals surface area contributed by atoms with Gasteiger partial charge < -0.3 is 4.90 Å². The Kier molecular flexibility index (Phi) is 4.97. The first kappa shape index (κ1) is 19.4. The highest BCUT2D eigenvalue weighted by Gasteiger charge is 2.27. The zero-order chi connectivity index (χ0) is 20.6. The lowest BCUT2D eigenvalue weighted by atomic mass is 10.1. The molecule has 0 fully saturated rings. The molecule has 4 rings (SSSR count). The first-order valence-electron chi connectivity index (χ1n) is 8.97. The molecular weight excluding hydrogens is 408 g/mol. The predicted octanol–water partition coefficient (Wildman–Crippen LogP) is 3.95. The van der Waals surface area contributed by atoms with Crippen molar-refractivity contribution < 1.29 is 18.0 Å². The first-order valence-corrected chi connectivity index (χ1v) is 11.3. The van der Waals surface area contributed by atoms with Gasteiger partial charge in [0.15, 0.2) is 5.78 Å². The van der Waals surface area contributed by atoms with Crippen LogP contribution in [0.3, 0.4) is 0 Å². The van der Waals surface area contributed by atoms with E-state index in [1.807, 2.05) is 17.5 Å². The fourth-order valence-corrected chi connectivity index (χ4v) is 5.05. The largest absolute Gasteiger partial charge is 0.307 e. The molecule has 6 nitrogen and oxygen atoms in total. The van der Waals surface area contributed by atoms with E-state index in [2.05, 4.69) is 4.72 Å². The molecule has 0 unspecified atom stereocenters. The number of sulfonamides is 1. The van der Waals surface area contributed by atoms with Gasteiger partial charge in [0, 0.05) is 17.8 Å². The molecule has 3 aromatic rings. The van der Waals surface area contributed by atoms with Crippen molar-refractivity contribution in [3.8, 4) is 0 Å². The van der Waals surface area contributed by atoms with Crippen LogP contribution in [0.1, 0.15) is 32.5 Å². The Balaban J connectivity index is 1.63. The number of hydrogen-bond acceptors (Lipinski definition) is 5. The van der Waals surface area contributed by atoms with Gasteiger partial charge in [-0.25, -0.2) is 8.42 Å². The van der Waals surface area contributed by atoms with Gasteiger partial charge >= 0.3 is 0 Å². The number of thiophene rings is 1. The van der Waals surface area contributed by atoms with E-state index in [0.717, 1.165) is 12.0 Å². The van der Waals surface area contributed by atoms with Crippen LogP contribution in [-0.2, 0) is 16.4 Å². The van der Waals surface area contributed by atoms with Crippen molar-refractivity contribution in [2.24, 2.45) is 0 Å². The van der Waals surface area contributed by atoms with E-state index in [0.29, 0.717) is 28.4 Å². The molecule has 148 valence electrons. The highest BCUT2D eigenvalue weighted by atomic mass is 32.2. The Labute approximate surface area is 172 Å². The number of benzene rings is 2. The first-order chi connectivity index (χ1) is 13.8. The molecule has 8 heteroatoms. The third kappa shape index (κ3) is 3.81. The van der Waals surface area contributed by atoms with E-state index in [1.54, 1.807) is 29.2 Å². The number of anilines is 2. The maximum atomic E-state index is 12.8. The molecule has 29 heavy (non-hydrogen) atoms. The smallest absolute Gasteiger partial charge is 0.268 e. The lowest BCUT2D eigenvalue weighted by molar-refractivity contribution is 0.0990. The normalized spacial score (nSPS) is 13.2. The standard InChI is InChI=1S/C21H18N2O4S2/c1-14(24)16-4-2-5-18(12-16)29(26,27)22-17-8-7-15-9-10-23(19(15)13-17)21(25)20-6-3-11-28-20/h2-8,11-13,22H,9-10H2,1H3. The SMILES string of the molecule is CC(=O)c1cccc(S(=O)(=O)Nc2ccc3c(c2)N(C(=O)c2cccs2)CC3)c1. The Bertz CT molecular complexity index is 1200. The second-order valence-electron chi connectivity index (χ2n) is 6.72. The van der Waals surface area contributed by atoms with Gasteiger partial charge in [0.05, 0.1) is 15.5 Å². The van der Waals surface area contributed by atoms with Crippen LogP contribution in [0.25, 0.3) is 0 Å². The summed E-state index contributed by atoms with van der Waals surface area (Å²) in [6.45, 7) is 1.95. The molecule has 1 N–H and O–H groups in total. The molecule has 1 aliphatic heterocycles. The van der Waals surface area contributed by atoms with Crippen LogP contribution >= 0.6 is 11.3 Å². The van der Waals surface area contributed by atoms with Gasteiger partial charge in [-0.2, -0.15) is 0 Å². The quantitative estimate of drug-likeness (QED) is 0.626. The van der Waals surface area contributed by atoms with Crippen molar-refractivity contribution in [1.82, 2.24) is 0 Å². The number of carbonyl (C=O) groups excluding carboxylic acids is 2. The maximum Gasteiger partial charge on any atom is 0.268 e. The van der Waals surface area contributed by atoms with E-state index in [1.165, 1.54) is 36.5 Å². The second kappa shape index (κ2) is 7.46. The van der Waals surface area contributed by atoms with Crippen LogP contribution in [0, 0.1) is 0 Å². The van der Waals surface area contributed by atoms with Gasteiger partial charge in [-0.3, -0.25) is 14.3 Å². The summed E-state index contributed by atoms with van der Waals surface area (Å²) < 4.78 is 28.1. The number of hydrogen-bond donors (Lipinski definition) is 1. The van der Waals surface area contributed by atoms with Gasteiger partial charge in [-0.05, 0) is 54.6 Å². The number of carbonyl (C=O) groups is 2. The fraction of sp³-hybridized carbons (Fsp3) is 0.143. The van der Waals surface area contributed by atoms with Crippen LogP contribution in [0.5, 0.6) is 0 Å². The van der Waals surface area contributed by atoms with Crippen LogP contribution in [0.2, 0.25) is 0 Å². The van der Waals surface area contributed by atoms with E-state index >= 15 is 0 Å². The summed E-state index contributed by atoms with van der Waals surface area (Å²) in [6.07, 6.45) is 0.722. The summed E-state index contributed by atoms with van der Waals surface area (Å²) >= 11 is 1.38. The van der Waals surface area contributed by atoms with E-state index < -0.39 is 10.0 Å². The number of ketones is 1. The molecule has 0 atom stereocenters. The van der Waals surface area contributed by atoms with Gasteiger partial charge in [-0.15, -0.1) is 11.3 Å². The molecule has 2 heterocycles. The number of nitrogens with one attached hydrogen (secondary N) is 1. The van der Waals surface area contributed by atoms with Crippen molar-refractivity contribution in [3.05, 3.63) is 76.0 Å². The van der Waals surface area contributed by atoms with E-state index in [4.69, 9.17) is 0 Å². The van der Waals surface area contributed by atoms with Gasteiger partial charge in [-0.1, -0.05) is 24.3 Å². The molecule has 2 aromatic carbocycles. The van der Waals surface area contributed by atoms with Crippen molar-refractivity contribution in [1.29, 1.82) is 0 Å². The Morgan fingerprint density at radius 1 is 1.07 bits per heavy atom. The number of amides is 1. The lowest BCUT2D eigenvalue weighted by Crippen LogP contribution is -2.28. The average molecular weight is 427 g/mol. The maximum absolute atomic E-state index is 12.8. The summed E-state index contributed by atoms with van der Waals surface area (Å²) in [7, 11) is -3.87. The Hall–Kier alpha value is -2.97. The molecule has 1 amide bonds. The third-order valence-corrected chi connectivity index (χ3v) is 7.00. The Morgan fingerprint density at radius 3 is 2.62 bits per heavy atom. The molecule has 0 saturated carbocycles. The highest BCUT2D eigenvalue weighted by molar-refractivity contribution is 7.92.